The van der Waals surface area contributed by atoms with Gasteiger partial charge in [0.25, 0.3) is 0 Å². The maximum absolute atomic E-state index is 9.87. The van der Waals surface area contributed by atoms with Crippen LogP contribution in [0.2, 0.25) is 0 Å². The Morgan fingerprint density at radius 2 is 1.09 bits per heavy atom. The van der Waals surface area contributed by atoms with Gasteiger partial charge in [-0.25, -0.2) is 19.2 Å². The lowest BCUT2D eigenvalue weighted by Gasteiger charge is -1.91. The molecule has 0 heterocycles. The summed E-state index contributed by atoms with van der Waals surface area (Å²) in [6.07, 6.45) is 1.44. The maximum Gasteiger partial charge on any atom is 0.331 e. The number of hydrogen-bond acceptors (Lipinski definition) is 5. The second-order valence-corrected chi connectivity index (χ2v) is 3.03. The predicted octanol–water partition coefficient (Wildman–Crippen LogP) is 0.0707. The summed E-state index contributed by atoms with van der Waals surface area (Å²) in [4.78, 5) is 48.0. The summed E-state index contributed by atoms with van der Waals surface area (Å²) in [6.45, 7) is 5.97. The van der Waals surface area contributed by atoms with Crippen molar-refractivity contribution in [2.24, 2.45) is 0 Å². The molecule has 0 bridgehead atoms. The van der Waals surface area contributed by atoms with E-state index in [4.69, 9.17) is 25.5 Å². The number of carbonyl (C=O) groups is 5. The molecule has 22 heavy (non-hydrogen) atoms. The summed E-state index contributed by atoms with van der Waals surface area (Å²) in [5.41, 5.74) is -0.303. The van der Waals surface area contributed by atoms with Gasteiger partial charge in [0.15, 0.2) is 0 Å². The van der Waals surface area contributed by atoms with Gasteiger partial charge in [-0.2, -0.15) is 0 Å². The second kappa shape index (κ2) is 14.0. The molecule has 0 saturated carbocycles. The molecule has 10 nitrogen and oxygen atoms in total. The molecule has 0 spiro atoms. The largest absolute Gasteiger partial charge is 0.481 e. The molecule has 0 amide bonds. The molecule has 0 aliphatic carbocycles. The van der Waals surface area contributed by atoms with Gasteiger partial charge in [0, 0.05) is 23.8 Å². The smallest absolute Gasteiger partial charge is 0.331 e. The molecule has 0 atom stereocenters. The van der Waals surface area contributed by atoms with Gasteiger partial charge in [-0.15, -0.1) is 0 Å². The quantitative estimate of drug-likeness (QED) is 0.419. The molecule has 0 aromatic carbocycles. The average molecular weight is 318 g/mol. The molecule has 0 aromatic rings. The Balaban J connectivity index is -0.000000257. The highest BCUT2D eigenvalue weighted by Gasteiger charge is 2.07. The number of hydrogen-bond donors (Lipinski definition) is 5. The van der Waals surface area contributed by atoms with E-state index in [1.165, 1.54) is 0 Å². The normalized spacial score (nSPS) is 8.36. The molecule has 0 aliphatic rings. The van der Waals surface area contributed by atoms with Gasteiger partial charge in [-0.3, -0.25) is 4.79 Å². The highest BCUT2D eigenvalue weighted by atomic mass is 16.4. The standard InChI is InChI=1S/C5H6O4.C4H4O4.C3H4O2/c1-3(5(8)9)2-4(6)7;5-3(6)1-2-4(7)8;1-2-3(4)5/h1-2H2,(H,6,7)(H,8,9);1-2H,(H,5,6)(H,7,8);2H,1H2,(H,4,5)/b;2-1-;. The molecule has 0 unspecified atom stereocenters. The van der Waals surface area contributed by atoms with Crippen LogP contribution in [0, 0.1) is 0 Å². The van der Waals surface area contributed by atoms with E-state index < -0.39 is 36.3 Å². The third-order valence-electron chi connectivity index (χ3n) is 1.21. The monoisotopic (exact) mass is 318 g/mol. The van der Waals surface area contributed by atoms with E-state index in [2.05, 4.69) is 13.2 Å². The molecule has 0 fully saturated rings. The van der Waals surface area contributed by atoms with Crippen molar-refractivity contribution in [2.45, 2.75) is 6.42 Å². The van der Waals surface area contributed by atoms with Crippen molar-refractivity contribution in [1.82, 2.24) is 0 Å². The molecular formula is C12H14O10. The highest BCUT2D eigenvalue weighted by molar-refractivity contribution is 5.91. The van der Waals surface area contributed by atoms with Crippen molar-refractivity contribution >= 4 is 29.8 Å². The molecule has 0 radical (unpaired) electrons. The fourth-order valence-electron chi connectivity index (χ4n) is 0.401. The molecular weight excluding hydrogens is 304 g/mol. The minimum atomic E-state index is -1.27. The number of rotatable bonds is 6. The summed E-state index contributed by atoms with van der Waals surface area (Å²) in [5.74, 6) is -5.94. The van der Waals surface area contributed by atoms with E-state index in [1.807, 2.05) is 0 Å². The average Bonchev–Trinajstić information content (AvgIpc) is 2.36. The van der Waals surface area contributed by atoms with Crippen molar-refractivity contribution < 1.29 is 49.5 Å². The fourth-order valence-corrected chi connectivity index (χ4v) is 0.401. The van der Waals surface area contributed by atoms with E-state index in [9.17, 15) is 24.0 Å². The van der Waals surface area contributed by atoms with E-state index in [-0.39, 0.29) is 5.57 Å². The van der Waals surface area contributed by atoms with Crippen LogP contribution in [-0.2, 0) is 24.0 Å². The topological polar surface area (TPSA) is 186 Å². The first-order chi connectivity index (χ1) is 9.93. The summed E-state index contributed by atoms with van der Waals surface area (Å²) < 4.78 is 0. The Bertz CT molecular complexity index is 470. The van der Waals surface area contributed by atoms with E-state index in [1.54, 1.807) is 0 Å². The zero-order valence-corrected chi connectivity index (χ0v) is 11.1. The summed E-state index contributed by atoms with van der Waals surface area (Å²) in [7, 11) is 0. The first-order valence-electron chi connectivity index (χ1n) is 5.06. The van der Waals surface area contributed by atoms with E-state index in [0.717, 1.165) is 6.08 Å². The third kappa shape index (κ3) is 30.0. The van der Waals surface area contributed by atoms with Crippen molar-refractivity contribution in [3.8, 4) is 0 Å². The maximum atomic E-state index is 9.87. The van der Waals surface area contributed by atoms with Crippen molar-refractivity contribution in [3.63, 3.8) is 0 Å². The zero-order chi connectivity index (χ0) is 18.3. The van der Waals surface area contributed by atoms with Crippen molar-refractivity contribution in [3.05, 3.63) is 37.0 Å². The van der Waals surface area contributed by atoms with Gasteiger partial charge >= 0.3 is 29.8 Å². The summed E-state index contributed by atoms with van der Waals surface area (Å²) in [5, 5.41) is 39.3. The Morgan fingerprint density at radius 1 is 0.773 bits per heavy atom. The zero-order valence-electron chi connectivity index (χ0n) is 11.1. The first kappa shape index (κ1) is 23.6. The van der Waals surface area contributed by atoms with Crippen LogP contribution in [0.15, 0.2) is 37.0 Å². The molecule has 0 saturated heterocycles. The van der Waals surface area contributed by atoms with E-state index >= 15 is 0 Å². The van der Waals surface area contributed by atoms with Crippen LogP contribution < -0.4 is 0 Å². The Kier molecular flexibility index (Phi) is 15.0. The van der Waals surface area contributed by atoms with Gasteiger partial charge < -0.3 is 25.5 Å². The van der Waals surface area contributed by atoms with Crippen LogP contribution in [0.3, 0.4) is 0 Å². The van der Waals surface area contributed by atoms with Gasteiger partial charge in [0.2, 0.25) is 0 Å². The van der Waals surface area contributed by atoms with Crippen molar-refractivity contribution in [1.29, 1.82) is 0 Å². The lowest BCUT2D eigenvalue weighted by atomic mass is 10.2. The first-order valence-corrected chi connectivity index (χ1v) is 5.06. The lowest BCUT2D eigenvalue weighted by molar-refractivity contribution is -0.139. The fraction of sp³-hybridized carbons (Fsp3) is 0.0833. The minimum absolute atomic E-state index is 0.303. The van der Waals surface area contributed by atoms with Gasteiger partial charge in [0.05, 0.1) is 6.42 Å². The van der Waals surface area contributed by atoms with Crippen molar-refractivity contribution in [2.75, 3.05) is 0 Å². The van der Waals surface area contributed by atoms with E-state index in [0.29, 0.717) is 12.2 Å². The summed E-state index contributed by atoms with van der Waals surface area (Å²) >= 11 is 0. The van der Waals surface area contributed by atoms with Crippen LogP contribution in [0.4, 0.5) is 0 Å². The lowest BCUT2D eigenvalue weighted by Crippen LogP contribution is -2.04. The molecule has 0 aliphatic heterocycles. The van der Waals surface area contributed by atoms with Crippen LogP contribution in [0.5, 0.6) is 0 Å². The number of carboxylic acid groups (broad SMARTS) is 5. The molecule has 0 aromatic heterocycles. The Hall–Kier alpha value is -3.43. The SMILES string of the molecule is C=C(CC(=O)O)C(=O)O.C=CC(=O)O.O=C(O)/C=C\C(=O)O. The highest BCUT2D eigenvalue weighted by Crippen LogP contribution is 1.95. The Morgan fingerprint density at radius 3 is 1.18 bits per heavy atom. The van der Waals surface area contributed by atoms with Crippen LogP contribution >= 0.6 is 0 Å². The molecule has 10 heteroatoms. The Labute approximate surface area is 123 Å². The molecule has 122 valence electrons. The minimum Gasteiger partial charge on any atom is -0.481 e. The second-order valence-electron chi connectivity index (χ2n) is 3.03. The summed E-state index contributed by atoms with van der Waals surface area (Å²) in [6, 6.07) is 0. The predicted molar refractivity (Wildman–Crippen MR) is 71.3 cm³/mol. The van der Waals surface area contributed by atoms with Gasteiger partial charge in [-0.1, -0.05) is 13.2 Å². The van der Waals surface area contributed by atoms with Crippen LogP contribution in [0.25, 0.3) is 0 Å². The number of carboxylic acids is 5. The molecule has 0 rings (SSSR count). The van der Waals surface area contributed by atoms with Gasteiger partial charge in [-0.05, 0) is 0 Å². The third-order valence-corrected chi connectivity index (χ3v) is 1.21. The van der Waals surface area contributed by atoms with Crippen LogP contribution in [0.1, 0.15) is 6.42 Å². The van der Waals surface area contributed by atoms with Crippen LogP contribution in [-0.4, -0.2) is 55.4 Å². The number of aliphatic carboxylic acids is 5. The van der Waals surface area contributed by atoms with Gasteiger partial charge in [0.1, 0.15) is 0 Å². The molecule has 5 N–H and O–H groups in total.